The largest absolute Gasteiger partial charge is 0.510 e. The van der Waals surface area contributed by atoms with Crippen LogP contribution < -0.4 is 11.1 Å². The average molecular weight is 636 g/mol. The molecule has 46 heavy (non-hydrogen) atoms. The van der Waals surface area contributed by atoms with Crippen LogP contribution in [0.3, 0.4) is 0 Å². The molecular formula is C32H33N3O11. The Morgan fingerprint density at radius 1 is 1.13 bits per heavy atom. The monoisotopic (exact) mass is 635 g/mol. The fourth-order valence-electron chi connectivity index (χ4n) is 6.91. The number of carbonyl (C=O) groups is 5. The number of hydrogen-bond donors (Lipinski definition) is 7. The number of ether oxygens (including phenoxy) is 1. The number of nitrogens with two attached hydrogens (primary N) is 1. The van der Waals surface area contributed by atoms with Crippen LogP contribution in [0.2, 0.25) is 0 Å². The zero-order valence-electron chi connectivity index (χ0n) is 25.1. The van der Waals surface area contributed by atoms with Gasteiger partial charge in [-0.05, 0) is 67.7 Å². The number of methoxy groups -OCH3 is 1. The SMILES string of the molecule is COC(=O)C(CO)NC(=O)c1cccc(-c2ccc(O)c3c2C[C@@H]2C[C@@H]4C(N(C)C)C(O)=C(C(N)=O)C(=O)[C@]4(O)C(O)=C2C3=O)c1. The van der Waals surface area contributed by atoms with Gasteiger partial charge in [0.1, 0.15) is 22.8 Å². The third-order valence-electron chi connectivity index (χ3n) is 9.02. The third-order valence-corrected chi connectivity index (χ3v) is 9.02. The molecule has 5 rings (SSSR count). The van der Waals surface area contributed by atoms with Gasteiger partial charge >= 0.3 is 5.97 Å². The number of rotatable bonds is 7. The number of fused-ring (bicyclic) bond motifs is 3. The maximum Gasteiger partial charge on any atom is 0.330 e. The first kappa shape index (κ1) is 32.3. The minimum Gasteiger partial charge on any atom is -0.510 e. The van der Waals surface area contributed by atoms with E-state index in [1.807, 2.05) is 0 Å². The molecule has 0 saturated carbocycles. The topological polar surface area (TPSA) is 237 Å². The summed E-state index contributed by atoms with van der Waals surface area (Å²) in [5.74, 6) is -9.04. The highest BCUT2D eigenvalue weighted by molar-refractivity contribution is 6.25. The molecule has 2 unspecified atom stereocenters. The van der Waals surface area contributed by atoms with Crippen molar-refractivity contribution in [2.45, 2.75) is 30.5 Å². The van der Waals surface area contributed by atoms with Crippen LogP contribution in [0.5, 0.6) is 5.75 Å². The van der Waals surface area contributed by atoms with Crippen LogP contribution in [0, 0.1) is 11.8 Å². The maximum atomic E-state index is 14.0. The van der Waals surface area contributed by atoms with Crippen molar-refractivity contribution in [1.29, 1.82) is 0 Å². The Labute approximate surface area is 262 Å². The third kappa shape index (κ3) is 4.81. The number of aliphatic hydroxyl groups excluding tert-OH is 3. The van der Waals surface area contributed by atoms with Gasteiger partial charge in [0.15, 0.2) is 17.4 Å². The zero-order chi connectivity index (χ0) is 33.8. The summed E-state index contributed by atoms with van der Waals surface area (Å²) in [6, 6.07) is 6.59. The predicted molar refractivity (Wildman–Crippen MR) is 159 cm³/mol. The normalized spacial score (nSPS) is 24.6. The number of hydrogen-bond acceptors (Lipinski definition) is 12. The number of esters is 1. The first-order valence-electron chi connectivity index (χ1n) is 14.3. The number of carbonyl (C=O) groups excluding carboxylic acids is 5. The van der Waals surface area contributed by atoms with E-state index in [9.17, 15) is 49.5 Å². The predicted octanol–water partition coefficient (Wildman–Crippen LogP) is 0.0513. The van der Waals surface area contributed by atoms with E-state index in [-0.39, 0.29) is 29.5 Å². The maximum absolute atomic E-state index is 14.0. The minimum absolute atomic E-state index is 0.0453. The fraction of sp³-hybridized carbons (Fsp3) is 0.344. The van der Waals surface area contributed by atoms with Gasteiger partial charge in [0.05, 0.1) is 25.3 Å². The number of ketones is 2. The summed E-state index contributed by atoms with van der Waals surface area (Å²) in [6.45, 7) is -0.691. The van der Waals surface area contributed by atoms with Gasteiger partial charge in [-0.1, -0.05) is 18.2 Å². The number of allylic oxidation sites excluding steroid dienone is 1. The lowest BCUT2D eigenvalue weighted by Gasteiger charge is -2.50. The van der Waals surface area contributed by atoms with Gasteiger partial charge in [-0.15, -0.1) is 0 Å². The van der Waals surface area contributed by atoms with Gasteiger partial charge in [-0.3, -0.25) is 24.1 Å². The highest BCUT2D eigenvalue weighted by Gasteiger charge is 2.63. The second-order valence-corrected chi connectivity index (χ2v) is 11.8. The van der Waals surface area contributed by atoms with E-state index in [1.165, 1.54) is 23.1 Å². The summed E-state index contributed by atoms with van der Waals surface area (Å²) in [7, 11) is 4.20. The van der Waals surface area contributed by atoms with Crippen molar-refractivity contribution in [3.8, 4) is 16.9 Å². The molecule has 8 N–H and O–H groups in total. The number of likely N-dealkylation sites (N-methyl/N-ethyl adjacent to an activating group) is 1. The molecule has 14 heteroatoms. The highest BCUT2D eigenvalue weighted by atomic mass is 16.5. The van der Waals surface area contributed by atoms with Crippen molar-refractivity contribution < 1.29 is 54.2 Å². The van der Waals surface area contributed by atoms with E-state index < -0.39 is 88.3 Å². The highest BCUT2D eigenvalue weighted by Crippen LogP contribution is 2.53. The van der Waals surface area contributed by atoms with Gasteiger partial charge in [0, 0.05) is 17.1 Å². The van der Waals surface area contributed by atoms with E-state index in [2.05, 4.69) is 10.1 Å². The van der Waals surface area contributed by atoms with E-state index in [1.54, 1.807) is 32.3 Å². The molecule has 0 spiro atoms. The summed E-state index contributed by atoms with van der Waals surface area (Å²) >= 11 is 0. The minimum atomic E-state index is -2.75. The molecule has 0 fully saturated rings. The van der Waals surface area contributed by atoms with Crippen molar-refractivity contribution in [2.75, 3.05) is 27.8 Å². The lowest BCUT2D eigenvalue weighted by molar-refractivity contribution is -0.148. The van der Waals surface area contributed by atoms with Crippen molar-refractivity contribution in [3.63, 3.8) is 0 Å². The zero-order valence-corrected chi connectivity index (χ0v) is 25.1. The van der Waals surface area contributed by atoms with Gasteiger partial charge in [0.25, 0.3) is 11.8 Å². The molecular weight excluding hydrogens is 602 g/mol. The number of Topliss-reactive ketones (excluding diaryl/α,β-unsaturated/α-hetero) is 2. The Hall–Kier alpha value is -5.05. The van der Waals surface area contributed by atoms with E-state index >= 15 is 0 Å². The number of amides is 2. The molecule has 242 valence electrons. The quantitative estimate of drug-likeness (QED) is 0.158. The van der Waals surface area contributed by atoms with Gasteiger partial charge in [-0.2, -0.15) is 0 Å². The van der Waals surface area contributed by atoms with Crippen molar-refractivity contribution in [3.05, 3.63) is 75.8 Å². The Kier molecular flexibility index (Phi) is 8.23. The summed E-state index contributed by atoms with van der Waals surface area (Å²) in [5.41, 5.74) is 2.67. The molecule has 5 atom stereocenters. The number of aliphatic hydroxyl groups is 4. The van der Waals surface area contributed by atoms with Crippen LogP contribution in [0.25, 0.3) is 11.1 Å². The Bertz CT molecular complexity index is 1760. The number of nitrogens with one attached hydrogen (secondary N) is 1. The van der Waals surface area contributed by atoms with Crippen LogP contribution in [0.15, 0.2) is 59.1 Å². The number of nitrogens with zero attached hydrogens (tertiary/aromatic N) is 1. The summed E-state index contributed by atoms with van der Waals surface area (Å²) in [4.78, 5) is 65.9. The fourth-order valence-corrected chi connectivity index (χ4v) is 6.91. The molecule has 0 radical (unpaired) electrons. The molecule has 2 aromatic rings. The van der Waals surface area contributed by atoms with Crippen molar-refractivity contribution >= 4 is 29.4 Å². The molecule has 3 aliphatic carbocycles. The number of aromatic hydroxyl groups is 1. The first-order chi connectivity index (χ1) is 21.7. The van der Waals surface area contributed by atoms with Crippen LogP contribution in [-0.4, -0.2) is 105 Å². The molecule has 0 heterocycles. The van der Waals surface area contributed by atoms with Crippen molar-refractivity contribution in [2.24, 2.45) is 17.6 Å². The molecule has 2 amide bonds. The molecule has 14 nitrogen and oxygen atoms in total. The number of benzene rings is 2. The first-order valence-corrected chi connectivity index (χ1v) is 14.3. The van der Waals surface area contributed by atoms with Crippen LogP contribution in [0.4, 0.5) is 0 Å². The lowest BCUT2D eigenvalue weighted by Crippen LogP contribution is -2.63. The van der Waals surface area contributed by atoms with Crippen LogP contribution in [-0.2, 0) is 25.5 Å². The second kappa shape index (κ2) is 11.7. The van der Waals surface area contributed by atoms with Crippen molar-refractivity contribution in [1.82, 2.24) is 10.2 Å². The van der Waals surface area contributed by atoms with Crippen LogP contribution in [0.1, 0.15) is 32.7 Å². The summed E-state index contributed by atoms with van der Waals surface area (Å²) in [5, 5.41) is 56.9. The summed E-state index contributed by atoms with van der Waals surface area (Å²) in [6.07, 6.45) is -0.0387. The van der Waals surface area contributed by atoms with Crippen LogP contribution >= 0.6 is 0 Å². The Morgan fingerprint density at radius 2 is 1.83 bits per heavy atom. The molecule has 0 bridgehead atoms. The molecule has 0 saturated heterocycles. The van der Waals surface area contributed by atoms with E-state index in [0.717, 1.165) is 7.11 Å². The molecule has 0 aromatic heterocycles. The van der Waals surface area contributed by atoms with Gasteiger partial charge in [0.2, 0.25) is 5.78 Å². The van der Waals surface area contributed by atoms with Gasteiger partial charge in [-0.25, -0.2) is 4.79 Å². The van der Waals surface area contributed by atoms with Gasteiger partial charge < -0.3 is 41.3 Å². The molecule has 0 aliphatic heterocycles. The van der Waals surface area contributed by atoms with E-state index in [0.29, 0.717) is 16.7 Å². The Morgan fingerprint density at radius 3 is 2.43 bits per heavy atom. The number of phenols is 1. The average Bonchev–Trinajstić information content (AvgIpc) is 3.01. The second-order valence-electron chi connectivity index (χ2n) is 11.8. The lowest BCUT2D eigenvalue weighted by atomic mass is 9.58. The van der Waals surface area contributed by atoms with E-state index in [4.69, 9.17) is 5.73 Å². The molecule has 3 aliphatic rings. The standard InChI is InChI=1S/C32H33N3O11/c1-35(2)24-18-11-15-10-17-16(13-5-4-6-14(9-13)30(43)34-19(12-36)31(44)46-3)7-8-20(37)22(17)25(38)21(15)27(40)32(18,45)28(41)23(26(24)39)29(33)42/h4-9,15,18-19,24,36-37,39-40,45H,10-12H2,1-3H3,(H2,33,42)(H,34,43)/t15-,18-,19?,24?,32-/m1/s1. The molecule has 2 aromatic carbocycles. The number of phenolic OH excluding ortho intramolecular Hbond substituents is 1. The number of primary amides is 1. The Balaban J connectivity index is 1.61. The smallest absolute Gasteiger partial charge is 0.330 e. The summed E-state index contributed by atoms with van der Waals surface area (Å²) < 4.78 is 4.59.